The first-order chi connectivity index (χ1) is 13.2. The SMILES string of the molecule is O=C(CSc1nc(-c2cc3ccccc3oc2=O)cs1)NC1CCCCC1. The van der Waals surface area contributed by atoms with E-state index in [2.05, 4.69) is 10.3 Å². The summed E-state index contributed by atoms with van der Waals surface area (Å²) in [5.74, 6) is 0.393. The fourth-order valence-electron chi connectivity index (χ4n) is 3.33. The molecule has 1 aliphatic carbocycles. The normalized spacial score (nSPS) is 15.1. The molecule has 2 heterocycles. The molecular weight excluding hydrogens is 380 g/mol. The monoisotopic (exact) mass is 400 g/mol. The summed E-state index contributed by atoms with van der Waals surface area (Å²) in [5, 5.41) is 5.81. The highest BCUT2D eigenvalue weighted by molar-refractivity contribution is 8.01. The molecule has 27 heavy (non-hydrogen) atoms. The number of benzene rings is 1. The van der Waals surface area contributed by atoms with Crippen LogP contribution in [0.2, 0.25) is 0 Å². The lowest BCUT2D eigenvalue weighted by atomic mass is 9.95. The number of thioether (sulfide) groups is 1. The first-order valence-corrected chi connectivity index (χ1v) is 11.0. The van der Waals surface area contributed by atoms with E-state index in [0.717, 1.165) is 22.6 Å². The van der Waals surface area contributed by atoms with Crippen molar-refractivity contribution in [1.29, 1.82) is 0 Å². The molecule has 1 saturated carbocycles. The van der Waals surface area contributed by atoms with Crippen LogP contribution in [0.5, 0.6) is 0 Å². The Morgan fingerprint density at radius 1 is 1.26 bits per heavy atom. The molecular formula is C20H20N2O3S2. The lowest BCUT2D eigenvalue weighted by molar-refractivity contribution is -0.119. The number of carbonyl (C=O) groups excluding carboxylic acids is 1. The van der Waals surface area contributed by atoms with E-state index in [-0.39, 0.29) is 5.91 Å². The number of thiazole rings is 1. The van der Waals surface area contributed by atoms with Crippen LogP contribution in [0, 0.1) is 0 Å². The summed E-state index contributed by atoms with van der Waals surface area (Å²) < 4.78 is 6.15. The molecule has 1 aromatic carbocycles. The first-order valence-electron chi connectivity index (χ1n) is 9.10. The van der Waals surface area contributed by atoms with Gasteiger partial charge in [0.15, 0.2) is 4.34 Å². The van der Waals surface area contributed by atoms with Gasteiger partial charge in [0.1, 0.15) is 5.58 Å². The summed E-state index contributed by atoms with van der Waals surface area (Å²) in [7, 11) is 0. The molecule has 0 atom stereocenters. The predicted molar refractivity (Wildman–Crippen MR) is 109 cm³/mol. The quantitative estimate of drug-likeness (QED) is 0.506. The van der Waals surface area contributed by atoms with Gasteiger partial charge in [-0.05, 0) is 25.0 Å². The fraction of sp³-hybridized carbons (Fsp3) is 0.350. The topological polar surface area (TPSA) is 72.2 Å². The number of amides is 1. The zero-order chi connectivity index (χ0) is 18.6. The largest absolute Gasteiger partial charge is 0.422 e. The number of hydrogen-bond acceptors (Lipinski definition) is 6. The van der Waals surface area contributed by atoms with E-state index < -0.39 is 5.63 Å². The van der Waals surface area contributed by atoms with Crippen LogP contribution in [-0.2, 0) is 4.79 Å². The molecule has 4 rings (SSSR count). The molecule has 1 fully saturated rings. The molecule has 140 valence electrons. The zero-order valence-corrected chi connectivity index (χ0v) is 16.4. The molecule has 0 saturated heterocycles. The Balaban J connectivity index is 1.42. The highest BCUT2D eigenvalue weighted by Gasteiger charge is 2.17. The number of carbonyl (C=O) groups is 1. The second-order valence-electron chi connectivity index (χ2n) is 6.68. The number of nitrogens with zero attached hydrogens (tertiary/aromatic N) is 1. The van der Waals surface area contributed by atoms with Gasteiger partial charge in [-0.3, -0.25) is 4.79 Å². The van der Waals surface area contributed by atoms with Crippen molar-refractivity contribution < 1.29 is 9.21 Å². The molecule has 1 aliphatic rings. The Hall–Kier alpha value is -2.12. The molecule has 3 aromatic rings. The van der Waals surface area contributed by atoms with Gasteiger partial charge in [0.2, 0.25) is 5.91 Å². The van der Waals surface area contributed by atoms with Crippen LogP contribution < -0.4 is 10.9 Å². The van der Waals surface area contributed by atoms with Gasteiger partial charge >= 0.3 is 5.63 Å². The number of para-hydroxylation sites is 1. The summed E-state index contributed by atoms with van der Waals surface area (Å²) in [4.78, 5) is 28.9. The van der Waals surface area contributed by atoms with Crippen molar-refractivity contribution in [2.75, 3.05) is 5.75 Å². The smallest absolute Gasteiger partial charge is 0.345 e. The Morgan fingerprint density at radius 2 is 2.07 bits per heavy atom. The minimum absolute atomic E-state index is 0.0499. The van der Waals surface area contributed by atoms with Gasteiger partial charge in [0.25, 0.3) is 0 Å². The lowest BCUT2D eigenvalue weighted by Crippen LogP contribution is -2.37. The average molecular weight is 401 g/mol. The van der Waals surface area contributed by atoms with E-state index in [9.17, 15) is 9.59 Å². The van der Waals surface area contributed by atoms with Crippen molar-refractivity contribution in [2.45, 2.75) is 42.5 Å². The molecule has 1 amide bonds. The van der Waals surface area contributed by atoms with E-state index >= 15 is 0 Å². The summed E-state index contributed by atoms with van der Waals surface area (Å²) in [6, 6.07) is 9.54. The Kier molecular flexibility index (Phi) is 5.59. The van der Waals surface area contributed by atoms with Crippen molar-refractivity contribution in [3.8, 4) is 11.3 Å². The summed E-state index contributed by atoms with van der Waals surface area (Å²) in [6.07, 6.45) is 5.82. The second kappa shape index (κ2) is 8.27. The van der Waals surface area contributed by atoms with E-state index in [1.165, 1.54) is 42.4 Å². The molecule has 5 nitrogen and oxygen atoms in total. The predicted octanol–water partition coefficient (Wildman–Crippen LogP) is 4.46. The van der Waals surface area contributed by atoms with Gasteiger partial charge < -0.3 is 9.73 Å². The first kappa shape index (κ1) is 18.3. The van der Waals surface area contributed by atoms with Crippen molar-refractivity contribution in [2.24, 2.45) is 0 Å². The molecule has 1 N–H and O–H groups in total. The van der Waals surface area contributed by atoms with E-state index in [1.54, 1.807) is 12.1 Å². The maximum atomic E-state index is 12.3. The van der Waals surface area contributed by atoms with Crippen molar-refractivity contribution >= 4 is 40.0 Å². The second-order valence-corrected chi connectivity index (χ2v) is 8.76. The van der Waals surface area contributed by atoms with Gasteiger partial charge in [0, 0.05) is 16.8 Å². The maximum Gasteiger partial charge on any atom is 0.345 e. The van der Waals surface area contributed by atoms with Crippen LogP contribution in [0.4, 0.5) is 0 Å². The molecule has 2 aromatic heterocycles. The lowest BCUT2D eigenvalue weighted by Gasteiger charge is -2.22. The zero-order valence-electron chi connectivity index (χ0n) is 14.8. The van der Waals surface area contributed by atoms with Gasteiger partial charge in [-0.15, -0.1) is 11.3 Å². The van der Waals surface area contributed by atoms with E-state index in [0.29, 0.717) is 28.6 Å². The standard InChI is InChI=1S/C20H20N2O3S2/c23-18(21-14-7-2-1-3-8-14)12-27-20-22-16(11-26-20)15-10-13-6-4-5-9-17(13)25-19(15)24/h4-6,9-11,14H,1-3,7-8,12H2,(H,21,23). The molecule has 0 unspecified atom stereocenters. The van der Waals surface area contributed by atoms with Crippen LogP contribution in [0.15, 0.2) is 49.3 Å². The van der Waals surface area contributed by atoms with E-state index in [4.69, 9.17) is 4.42 Å². The number of aromatic nitrogens is 1. The third kappa shape index (κ3) is 4.42. The molecule has 0 aliphatic heterocycles. The van der Waals surface area contributed by atoms with Gasteiger partial charge in [-0.2, -0.15) is 0 Å². The number of hydrogen-bond donors (Lipinski definition) is 1. The average Bonchev–Trinajstić information content (AvgIpc) is 3.15. The highest BCUT2D eigenvalue weighted by atomic mass is 32.2. The van der Waals surface area contributed by atoms with Crippen molar-refractivity contribution in [3.05, 3.63) is 46.1 Å². The van der Waals surface area contributed by atoms with Crippen molar-refractivity contribution in [1.82, 2.24) is 10.3 Å². The molecule has 0 bridgehead atoms. The van der Waals surface area contributed by atoms with Gasteiger partial charge in [-0.1, -0.05) is 49.2 Å². The van der Waals surface area contributed by atoms with Crippen LogP contribution in [0.1, 0.15) is 32.1 Å². The highest BCUT2D eigenvalue weighted by Crippen LogP contribution is 2.28. The fourth-order valence-corrected chi connectivity index (χ4v) is 4.97. The van der Waals surface area contributed by atoms with Crippen LogP contribution in [0.3, 0.4) is 0 Å². The summed E-state index contributed by atoms with van der Waals surface area (Å²) >= 11 is 2.84. The van der Waals surface area contributed by atoms with Crippen molar-refractivity contribution in [3.63, 3.8) is 0 Å². The Labute approximate surface area is 165 Å². The number of rotatable bonds is 5. The molecule has 0 spiro atoms. The van der Waals surface area contributed by atoms with E-state index in [1.807, 2.05) is 23.6 Å². The number of nitrogens with one attached hydrogen (secondary N) is 1. The van der Waals surface area contributed by atoms with Gasteiger partial charge in [0.05, 0.1) is 17.0 Å². The van der Waals surface area contributed by atoms with Crippen LogP contribution in [0.25, 0.3) is 22.2 Å². The summed E-state index contributed by atoms with van der Waals surface area (Å²) in [6.45, 7) is 0. The van der Waals surface area contributed by atoms with Crippen LogP contribution >= 0.6 is 23.1 Å². The minimum Gasteiger partial charge on any atom is -0.422 e. The van der Waals surface area contributed by atoms with Crippen LogP contribution in [-0.4, -0.2) is 22.7 Å². The Bertz CT molecular complexity index is 1010. The Morgan fingerprint density at radius 3 is 2.93 bits per heavy atom. The van der Waals surface area contributed by atoms with Gasteiger partial charge in [-0.25, -0.2) is 9.78 Å². The number of fused-ring (bicyclic) bond motifs is 1. The minimum atomic E-state index is -0.398. The summed E-state index contributed by atoms with van der Waals surface area (Å²) in [5.41, 5.74) is 1.21. The maximum absolute atomic E-state index is 12.3. The molecule has 0 radical (unpaired) electrons. The third-order valence-electron chi connectivity index (χ3n) is 4.70. The molecule has 7 heteroatoms. The third-order valence-corrected chi connectivity index (χ3v) is 6.72.